The van der Waals surface area contributed by atoms with E-state index in [9.17, 15) is 25.0 Å². The van der Waals surface area contributed by atoms with Crippen molar-refractivity contribution >= 4 is 29.1 Å². The summed E-state index contributed by atoms with van der Waals surface area (Å²) in [6, 6.07) is 10.6. The molecule has 0 radical (unpaired) electrons. The number of ether oxygens (including phenoxy) is 1. The van der Waals surface area contributed by atoms with Gasteiger partial charge < -0.3 is 10.1 Å². The summed E-state index contributed by atoms with van der Waals surface area (Å²) in [7, 11) is 0. The van der Waals surface area contributed by atoms with Crippen LogP contribution in [-0.4, -0.2) is 28.5 Å². The highest BCUT2D eigenvalue weighted by Crippen LogP contribution is 2.18. The second kappa shape index (κ2) is 9.09. The first-order chi connectivity index (χ1) is 12.9. The molecule has 27 heavy (non-hydrogen) atoms. The maximum atomic E-state index is 12.2. The minimum Gasteiger partial charge on any atom is -0.464 e. The van der Waals surface area contributed by atoms with Crippen LogP contribution < -0.4 is 5.32 Å². The number of rotatable bonds is 8. The number of hydrogen-bond donors (Lipinski definition) is 1. The van der Waals surface area contributed by atoms with E-state index in [0.29, 0.717) is 11.3 Å². The minimum atomic E-state index is -0.832. The molecule has 0 fully saturated rings. The van der Waals surface area contributed by atoms with E-state index >= 15 is 0 Å². The Morgan fingerprint density at radius 2 is 1.56 bits per heavy atom. The zero-order chi connectivity index (χ0) is 19.8. The van der Waals surface area contributed by atoms with Crippen molar-refractivity contribution in [3.8, 4) is 0 Å². The predicted molar refractivity (Wildman–Crippen MR) is 99.3 cm³/mol. The summed E-state index contributed by atoms with van der Waals surface area (Å²) in [5.41, 5.74) is 1.08. The Kier molecular flexibility index (Phi) is 6.59. The number of nitrogens with one attached hydrogen (secondary N) is 1. The standard InChI is InChI=1S/C18H17N3O6/c1-2-27-18(22)17(19-14-6-10-16(11-7-14)21(25)26)12-5-13-3-8-15(9-4-13)20(23)24/h3-12,17,19H,2H2,1H3/b12-5+. The molecule has 1 atom stereocenters. The molecule has 1 unspecified atom stereocenters. The maximum Gasteiger partial charge on any atom is 0.332 e. The third-order valence-corrected chi connectivity index (χ3v) is 3.53. The Morgan fingerprint density at radius 1 is 1.04 bits per heavy atom. The molecule has 0 aliphatic carbocycles. The first-order valence-electron chi connectivity index (χ1n) is 8.01. The lowest BCUT2D eigenvalue weighted by Gasteiger charge is -2.15. The largest absolute Gasteiger partial charge is 0.464 e. The van der Waals surface area contributed by atoms with Gasteiger partial charge in [-0.05, 0) is 36.8 Å². The van der Waals surface area contributed by atoms with E-state index in [4.69, 9.17) is 4.74 Å². The number of nitro groups is 2. The van der Waals surface area contributed by atoms with Gasteiger partial charge in [-0.3, -0.25) is 20.2 Å². The lowest BCUT2D eigenvalue weighted by atomic mass is 10.1. The summed E-state index contributed by atoms with van der Waals surface area (Å²) in [6.45, 7) is 1.88. The Labute approximate surface area is 154 Å². The average Bonchev–Trinajstić information content (AvgIpc) is 2.66. The summed E-state index contributed by atoms with van der Waals surface area (Å²) < 4.78 is 5.03. The monoisotopic (exact) mass is 371 g/mol. The molecule has 2 rings (SSSR count). The fraction of sp³-hybridized carbons (Fsp3) is 0.167. The summed E-state index contributed by atoms with van der Waals surface area (Å²) >= 11 is 0. The quantitative estimate of drug-likeness (QED) is 0.427. The number of carbonyl (C=O) groups is 1. The Hall–Kier alpha value is -3.75. The van der Waals surface area contributed by atoms with Crippen LogP contribution >= 0.6 is 0 Å². The van der Waals surface area contributed by atoms with Crippen molar-refractivity contribution in [2.75, 3.05) is 11.9 Å². The highest BCUT2D eigenvalue weighted by atomic mass is 16.6. The summed E-state index contributed by atoms with van der Waals surface area (Å²) in [6.07, 6.45) is 3.18. The van der Waals surface area contributed by atoms with Crippen molar-refractivity contribution in [1.29, 1.82) is 0 Å². The molecule has 2 aromatic rings. The molecule has 0 saturated carbocycles. The van der Waals surface area contributed by atoms with Gasteiger partial charge in [0.15, 0.2) is 0 Å². The molecule has 9 heteroatoms. The van der Waals surface area contributed by atoms with Gasteiger partial charge in [-0.15, -0.1) is 0 Å². The van der Waals surface area contributed by atoms with Gasteiger partial charge in [0.1, 0.15) is 6.04 Å². The minimum absolute atomic E-state index is 0.0295. The summed E-state index contributed by atoms with van der Waals surface area (Å²) in [4.78, 5) is 32.5. The first kappa shape index (κ1) is 19.6. The van der Waals surface area contributed by atoms with Crippen LogP contribution in [0.1, 0.15) is 12.5 Å². The van der Waals surface area contributed by atoms with Crippen LogP contribution in [0.25, 0.3) is 6.08 Å². The number of non-ortho nitro benzene ring substituents is 2. The van der Waals surface area contributed by atoms with Gasteiger partial charge in [0.05, 0.1) is 16.5 Å². The zero-order valence-electron chi connectivity index (χ0n) is 14.4. The number of benzene rings is 2. The van der Waals surface area contributed by atoms with E-state index in [1.165, 1.54) is 36.4 Å². The second-order valence-electron chi connectivity index (χ2n) is 5.39. The molecule has 0 heterocycles. The van der Waals surface area contributed by atoms with Crippen LogP contribution in [0.5, 0.6) is 0 Å². The Bertz CT molecular complexity index is 846. The molecule has 0 aliphatic heterocycles. The van der Waals surface area contributed by atoms with Crippen molar-refractivity contribution in [3.05, 3.63) is 80.4 Å². The molecule has 0 saturated heterocycles. The molecule has 0 aromatic heterocycles. The van der Waals surface area contributed by atoms with Crippen LogP contribution in [0.15, 0.2) is 54.6 Å². The average molecular weight is 371 g/mol. The Balaban J connectivity index is 2.17. The molecule has 0 amide bonds. The third-order valence-electron chi connectivity index (χ3n) is 3.53. The molecule has 0 aliphatic rings. The van der Waals surface area contributed by atoms with Crippen molar-refractivity contribution < 1.29 is 19.4 Å². The van der Waals surface area contributed by atoms with Gasteiger partial charge in [0.2, 0.25) is 0 Å². The molecule has 9 nitrogen and oxygen atoms in total. The van der Waals surface area contributed by atoms with Crippen molar-refractivity contribution in [1.82, 2.24) is 0 Å². The van der Waals surface area contributed by atoms with E-state index in [0.717, 1.165) is 0 Å². The SMILES string of the molecule is CCOC(=O)C(/C=C/c1ccc([N+](=O)[O-])cc1)Nc1ccc([N+](=O)[O-])cc1. The van der Waals surface area contributed by atoms with Gasteiger partial charge in [-0.25, -0.2) is 4.79 Å². The molecular weight excluding hydrogens is 354 g/mol. The normalized spacial score (nSPS) is 11.7. The number of hydrogen-bond acceptors (Lipinski definition) is 7. The highest BCUT2D eigenvalue weighted by Gasteiger charge is 2.17. The van der Waals surface area contributed by atoms with Crippen LogP contribution in [0.2, 0.25) is 0 Å². The molecule has 0 bridgehead atoms. The molecule has 140 valence electrons. The van der Waals surface area contributed by atoms with Crippen LogP contribution in [0.4, 0.5) is 17.1 Å². The summed E-state index contributed by atoms with van der Waals surface area (Å²) in [5.74, 6) is -0.519. The fourth-order valence-electron chi connectivity index (χ4n) is 2.19. The van der Waals surface area contributed by atoms with Gasteiger partial charge in [0, 0.05) is 30.0 Å². The number of esters is 1. The molecule has 1 N–H and O–H groups in total. The van der Waals surface area contributed by atoms with Crippen LogP contribution in [-0.2, 0) is 9.53 Å². The lowest BCUT2D eigenvalue weighted by Crippen LogP contribution is -2.29. The van der Waals surface area contributed by atoms with E-state index in [2.05, 4.69) is 5.32 Å². The van der Waals surface area contributed by atoms with Crippen LogP contribution in [0.3, 0.4) is 0 Å². The highest BCUT2D eigenvalue weighted by molar-refractivity contribution is 5.83. The van der Waals surface area contributed by atoms with Crippen molar-refractivity contribution in [2.45, 2.75) is 13.0 Å². The second-order valence-corrected chi connectivity index (χ2v) is 5.39. The predicted octanol–water partition coefficient (Wildman–Crippen LogP) is 3.56. The topological polar surface area (TPSA) is 125 Å². The lowest BCUT2D eigenvalue weighted by molar-refractivity contribution is -0.385. The number of carbonyl (C=O) groups excluding carboxylic acids is 1. The number of nitrogens with zero attached hydrogens (tertiary/aromatic N) is 2. The van der Waals surface area contributed by atoms with Gasteiger partial charge in [-0.2, -0.15) is 0 Å². The molecular formula is C18H17N3O6. The number of nitro benzene ring substituents is 2. The maximum absolute atomic E-state index is 12.2. The Morgan fingerprint density at radius 3 is 2.04 bits per heavy atom. The molecule has 2 aromatic carbocycles. The zero-order valence-corrected chi connectivity index (χ0v) is 14.4. The van der Waals surface area contributed by atoms with Crippen molar-refractivity contribution in [2.24, 2.45) is 0 Å². The van der Waals surface area contributed by atoms with Crippen LogP contribution in [0, 0.1) is 20.2 Å². The van der Waals surface area contributed by atoms with E-state index in [1.807, 2.05) is 0 Å². The fourth-order valence-corrected chi connectivity index (χ4v) is 2.19. The van der Waals surface area contributed by atoms with E-state index in [1.54, 1.807) is 31.2 Å². The molecule has 0 spiro atoms. The number of anilines is 1. The summed E-state index contributed by atoms with van der Waals surface area (Å²) in [5, 5.41) is 24.3. The van der Waals surface area contributed by atoms with E-state index < -0.39 is 21.9 Å². The van der Waals surface area contributed by atoms with Crippen molar-refractivity contribution in [3.63, 3.8) is 0 Å². The van der Waals surface area contributed by atoms with E-state index in [-0.39, 0.29) is 18.0 Å². The van der Waals surface area contributed by atoms with Gasteiger partial charge in [-0.1, -0.05) is 12.2 Å². The smallest absolute Gasteiger partial charge is 0.332 e. The van der Waals surface area contributed by atoms with Gasteiger partial charge in [0.25, 0.3) is 11.4 Å². The van der Waals surface area contributed by atoms with Gasteiger partial charge >= 0.3 is 5.97 Å². The third kappa shape index (κ3) is 5.63. The first-order valence-corrected chi connectivity index (χ1v) is 8.01.